The number of carbonyl (C=O) groups is 1. The van der Waals surface area contributed by atoms with Gasteiger partial charge in [0, 0.05) is 20.8 Å². The van der Waals surface area contributed by atoms with Crippen LogP contribution in [0.1, 0.15) is 19.8 Å². The van der Waals surface area contributed by atoms with E-state index in [1.165, 1.54) is 0 Å². The molecule has 0 spiro atoms. The number of carbonyl (C=O) groups excluding carboxylic acids is 1. The second-order valence-corrected chi connectivity index (χ2v) is 3.86. The van der Waals surface area contributed by atoms with Crippen molar-refractivity contribution < 1.29 is 19.0 Å². The van der Waals surface area contributed by atoms with Crippen LogP contribution >= 0.6 is 0 Å². The highest BCUT2D eigenvalue weighted by atomic mass is 16.7. The molecular weight excluding hydrogens is 210 g/mol. The predicted molar refractivity (Wildman–Crippen MR) is 59.0 cm³/mol. The second-order valence-electron chi connectivity index (χ2n) is 3.86. The SMILES string of the molecule is CCC1OCCC1C(=O)NCC(OC)OC. The molecule has 0 aromatic rings. The number of ether oxygens (including phenoxy) is 3. The van der Waals surface area contributed by atoms with E-state index in [1.807, 2.05) is 6.92 Å². The van der Waals surface area contributed by atoms with E-state index in [0.717, 1.165) is 12.8 Å². The van der Waals surface area contributed by atoms with Crippen LogP contribution in [0.4, 0.5) is 0 Å². The Labute approximate surface area is 96.4 Å². The first kappa shape index (κ1) is 13.4. The third kappa shape index (κ3) is 3.43. The zero-order valence-electron chi connectivity index (χ0n) is 10.2. The molecule has 1 N–H and O–H groups in total. The van der Waals surface area contributed by atoms with Gasteiger partial charge in [0.1, 0.15) is 0 Å². The predicted octanol–water partition coefficient (Wildman–Crippen LogP) is 0.537. The quantitative estimate of drug-likeness (QED) is 0.678. The molecule has 0 aromatic heterocycles. The summed E-state index contributed by atoms with van der Waals surface area (Å²) >= 11 is 0. The van der Waals surface area contributed by atoms with E-state index in [9.17, 15) is 4.79 Å². The maximum absolute atomic E-state index is 11.8. The van der Waals surface area contributed by atoms with Gasteiger partial charge >= 0.3 is 0 Å². The lowest BCUT2D eigenvalue weighted by Crippen LogP contribution is -2.40. The summed E-state index contributed by atoms with van der Waals surface area (Å²) in [6.07, 6.45) is 1.35. The molecule has 1 heterocycles. The van der Waals surface area contributed by atoms with E-state index in [-0.39, 0.29) is 24.2 Å². The van der Waals surface area contributed by atoms with Crippen molar-refractivity contribution in [3.8, 4) is 0 Å². The summed E-state index contributed by atoms with van der Waals surface area (Å²) in [5.74, 6) is 0.00260. The molecule has 0 aliphatic carbocycles. The summed E-state index contributed by atoms with van der Waals surface area (Å²) in [6, 6.07) is 0. The smallest absolute Gasteiger partial charge is 0.225 e. The number of amides is 1. The Hall–Kier alpha value is -0.650. The van der Waals surface area contributed by atoms with Gasteiger partial charge in [-0.15, -0.1) is 0 Å². The molecule has 1 fully saturated rings. The highest BCUT2D eigenvalue weighted by Crippen LogP contribution is 2.23. The van der Waals surface area contributed by atoms with Gasteiger partial charge in [-0.2, -0.15) is 0 Å². The van der Waals surface area contributed by atoms with Crippen LogP contribution in [0.2, 0.25) is 0 Å². The molecule has 2 atom stereocenters. The molecule has 5 nitrogen and oxygen atoms in total. The molecule has 1 aliphatic rings. The standard InChI is InChI=1S/C11H21NO4/c1-4-9-8(5-6-16-9)11(13)12-7-10(14-2)15-3/h8-10H,4-7H2,1-3H3,(H,12,13). The van der Waals surface area contributed by atoms with Crippen molar-refractivity contribution in [2.75, 3.05) is 27.4 Å². The maximum Gasteiger partial charge on any atom is 0.225 e. The van der Waals surface area contributed by atoms with Crippen LogP contribution < -0.4 is 5.32 Å². The average molecular weight is 231 g/mol. The van der Waals surface area contributed by atoms with Crippen molar-refractivity contribution in [1.82, 2.24) is 5.32 Å². The molecule has 0 aromatic carbocycles. The Kier molecular flexibility index (Phi) is 5.73. The summed E-state index contributed by atoms with van der Waals surface area (Å²) < 4.78 is 15.5. The summed E-state index contributed by atoms with van der Waals surface area (Å²) in [6.45, 7) is 3.08. The lowest BCUT2D eigenvalue weighted by molar-refractivity contribution is -0.132. The van der Waals surface area contributed by atoms with E-state index < -0.39 is 0 Å². The Bertz CT molecular complexity index is 218. The van der Waals surface area contributed by atoms with E-state index >= 15 is 0 Å². The number of methoxy groups -OCH3 is 2. The van der Waals surface area contributed by atoms with Crippen LogP contribution in [0.5, 0.6) is 0 Å². The Morgan fingerprint density at radius 2 is 2.19 bits per heavy atom. The molecule has 1 rings (SSSR count). The van der Waals surface area contributed by atoms with Crippen molar-refractivity contribution in [2.45, 2.75) is 32.2 Å². The lowest BCUT2D eigenvalue weighted by atomic mass is 9.99. The molecule has 94 valence electrons. The van der Waals surface area contributed by atoms with Gasteiger partial charge < -0.3 is 19.5 Å². The molecule has 5 heteroatoms. The van der Waals surface area contributed by atoms with Crippen molar-refractivity contribution in [2.24, 2.45) is 5.92 Å². The van der Waals surface area contributed by atoms with Crippen molar-refractivity contribution in [1.29, 1.82) is 0 Å². The minimum atomic E-state index is -0.383. The Balaban J connectivity index is 2.34. The van der Waals surface area contributed by atoms with E-state index in [4.69, 9.17) is 14.2 Å². The third-order valence-corrected chi connectivity index (χ3v) is 2.92. The van der Waals surface area contributed by atoms with Gasteiger partial charge in [0.05, 0.1) is 18.6 Å². The molecule has 1 saturated heterocycles. The molecule has 2 unspecified atom stereocenters. The fraction of sp³-hybridized carbons (Fsp3) is 0.909. The molecule has 0 bridgehead atoms. The fourth-order valence-electron chi connectivity index (χ4n) is 1.93. The zero-order chi connectivity index (χ0) is 12.0. The van der Waals surface area contributed by atoms with Crippen LogP contribution in [-0.2, 0) is 19.0 Å². The van der Waals surface area contributed by atoms with E-state index in [2.05, 4.69) is 5.32 Å². The molecule has 1 aliphatic heterocycles. The molecule has 0 saturated carbocycles. The minimum absolute atomic E-state index is 0.0284. The van der Waals surface area contributed by atoms with Gasteiger partial charge in [0.15, 0.2) is 6.29 Å². The van der Waals surface area contributed by atoms with Crippen LogP contribution in [0.15, 0.2) is 0 Å². The molecular formula is C11H21NO4. The number of nitrogens with one attached hydrogen (secondary N) is 1. The van der Waals surface area contributed by atoms with Gasteiger partial charge in [0.25, 0.3) is 0 Å². The van der Waals surface area contributed by atoms with Gasteiger partial charge in [-0.05, 0) is 12.8 Å². The van der Waals surface area contributed by atoms with Crippen molar-refractivity contribution in [3.05, 3.63) is 0 Å². The normalized spacial score (nSPS) is 25.0. The first-order valence-corrected chi connectivity index (χ1v) is 5.67. The summed E-state index contributed by atoms with van der Waals surface area (Å²) in [4.78, 5) is 11.8. The zero-order valence-corrected chi connectivity index (χ0v) is 10.2. The van der Waals surface area contributed by atoms with E-state index in [1.54, 1.807) is 14.2 Å². The van der Waals surface area contributed by atoms with Crippen LogP contribution in [0.25, 0.3) is 0 Å². The van der Waals surface area contributed by atoms with Gasteiger partial charge in [-0.1, -0.05) is 6.92 Å². The molecule has 16 heavy (non-hydrogen) atoms. The van der Waals surface area contributed by atoms with E-state index in [0.29, 0.717) is 13.2 Å². The topological polar surface area (TPSA) is 56.8 Å². The monoisotopic (exact) mass is 231 g/mol. The van der Waals surface area contributed by atoms with Crippen LogP contribution in [-0.4, -0.2) is 45.7 Å². The Morgan fingerprint density at radius 3 is 2.75 bits per heavy atom. The largest absolute Gasteiger partial charge is 0.377 e. The third-order valence-electron chi connectivity index (χ3n) is 2.92. The fourth-order valence-corrected chi connectivity index (χ4v) is 1.93. The maximum atomic E-state index is 11.8. The Morgan fingerprint density at radius 1 is 1.50 bits per heavy atom. The molecule has 0 radical (unpaired) electrons. The van der Waals surface area contributed by atoms with Crippen molar-refractivity contribution >= 4 is 5.91 Å². The summed E-state index contributed by atoms with van der Waals surface area (Å²) in [5.41, 5.74) is 0. The highest BCUT2D eigenvalue weighted by Gasteiger charge is 2.32. The second kappa shape index (κ2) is 6.83. The van der Waals surface area contributed by atoms with Crippen LogP contribution in [0.3, 0.4) is 0 Å². The summed E-state index contributed by atoms with van der Waals surface area (Å²) in [5, 5.41) is 2.82. The molecule has 1 amide bonds. The van der Waals surface area contributed by atoms with Gasteiger partial charge in [-0.3, -0.25) is 4.79 Å². The summed E-state index contributed by atoms with van der Waals surface area (Å²) in [7, 11) is 3.10. The van der Waals surface area contributed by atoms with Crippen LogP contribution in [0, 0.1) is 5.92 Å². The lowest BCUT2D eigenvalue weighted by Gasteiger charge is -2.19. The number of hydrogen-bond donors (Lipinski definition) is 1. The first-order valence-electron chi connectivity index (χ1n) is 5.67. The van der Waals surface area contributed by atoms with Gasteiger partial charge in [-0.25, -0.2) is 0 Å². The number of rotatable bonds is 6. The minimum Gasteiger partial charge on any atom is -0.377 e. The average Bonchev–Trinajstić information content (AvgIpc) is 2.78. The highest BCUT2D eigenvalue weighted by molar-refractivity contribution is 5.79. The van der Waals surface area contributed by atoms with Crippen molar-refractivity contribution in [3.63, 3.8) is 0 Å². The number of hydrogen-bond acceptors (Lipinski definition) is 4. The first-order chi connectivity index (χ1) is 7.72. The van der Waals surface area contributed by atoms with Gasteiger partial charge in [0.2, 0.25) is 5.91 Å².